The summed E-state index contributed by atoms with van der Waals surface area (Å²) in [6.07, 6.45) is 0.0152. The van der Waals surface area contributed by atoms with Crippen molar-refractivity contribution in [3.63, 3.8) is 0 Å². The second-order valence-corrected chi connectivity index (χ2v) is 4.88. The minimum Gasteiger partial charge on any atom is -0.472 e. The molecule has 0 fully saturated rings. The van der Waals surface area contributed by atoms with Crippen molar-refractivity contribution < 1.29 is 9.47 Å². The Labute approximate surface area is 110 Å². The molecule has 0 aliphatic carbocycles. The number of aromatic nitrogens is 1. The fourth-order valence-electron chi connectivity index (χ4n) is 1.59. The zero-order chi connectivity index (χ0) is 13.4. The van der Waals surface area contributed by atoms with Crippen LogP contribution in [0.1, 0.15) is 26.5 Å². The smallest absolute Gasteiger partial charge is 0.213 e. The Balaban J connectivity index is 2.46. The van der Waals surface area contributed by atoms with Crippen LogP contribution in [-0.2, 0) is 11.3 Å². The second-order valence-electron chi connectivity index (χ2n) is 4.88. The van der Waals surface area contributed by atoms with E-state index in [2.05, 4.69) is 24.1 Å². The number of rotatable bonds is 8. The molecule has 1 N–H and O–H groups in total. The number of hydrogen-bond donors (Lipinski definition) is 1. The predicted molar refractivity (Wildman–Crippen MR) is 72.7 cm³/mol. The van der Waals surface area contributed by atoms with E-state index in [9.17, 15) is 0 Å². The molecular formula is C14H24N2O2. The third kappa shape index (κ3) is 5.98. The van der Waals surface area contributed by atoms with E-state index in [0.717, 1.165) is 18.8 Å². The molecule has 102 valence electrons. The predicted octanol–water partition coefficient (Wildman–Crippen LogP) is 2.24. The fraction of sp³-hybridized carbons (Fsp3) is 0.643. The molecule has 1 rings (SSSR count). The fourth-order valence-corrected chi connectivity index (χ4v) is 1.59. The van der Waals surface area contributed by atoms with Crippen LogP contribution in [-0.4, -0.2) is 31.3 Å². The van der Waals surface area contributed by atoms with Gasteiger partial charge in [0.15, 0.2) is 0 Å². The molecule has 0 radical (unpaired) electrons. The van der Waals surface area contributed by atoms with Crippen molar-refractivity contribution in [2.24, 2.45) is 5.92 Å². The number of hydrogen-bond acceptors (Lipinski definition) is 4. The summed E-state index contributed by atoms with van der Waals surface area (Å²) < 4.78 is 10.7. The molecule has 0 aliphatic heterocycles. The zero-order valence-electron chi connectivity index (χ0n) is 11.8. The highest BCUT2D eigenvalue weighted by Crippen LogP contribution is 2.10. The highest BCUT2D eigenvalue weighted by Gasteiger charge is 2.05. The largest absolute Gasteiger partial charge is 0.472 e. The van der Waals surface area contributed by atoms with Crippen molar-refractivity contribution in [1.29, 1.82) is 0 Å². The number of pyridine rings is 1. The topological polar surface area (TPSA) is 43.4 Å². The molecule has 0 aliphatic rings. The van der Waals surface area contributed by atoms with Crippen molar-refractivity contribution in [2.45, 2.75) is 33.4 Å². The van der Waals surface area contributed by atoms with E-state index in [1.54, 1.807) is 7.11 Å². The van der Waals surface area contributed by atoms with E-state index in [1.165, 1.54) is 0 Å². The van der Waals surface area contributed by atoms with Crippen molar-refractivity contribution in [1.82, 2.24) is 10.3 Å². The molecule has 1 heterocycles. The van der Waals surface area contributed by atoms with Crippen molar-refractivity contribution in [2.75, 3.05) is 20.3 Å². The van der Waals surface area contributed by atoms with Crippen molar-refractivity contribution >= 4 is 0 Å². The molecule has 1 aromatic rings. The molecule has 1 aromatic heterocycles. The van der Waals surface area contributed by atoms with Gasteiger partial charge in [0.1, 0.15) is 6.10 Å². The van der Waals surface area contributed by atoms with Gasteiger partial charge in [-0.3, -0.25) is 0 Å². The van der Waals surface area contributed by atoms with E-state index >= 15 is 0 Å². The van der Waals surface area contributed by atoms with Crippen LogP contribution >= 0.6 is 0 Å². The SMILES string of the molecule is COCC(C)Oc1cccc(CNCC(C)C)n1. The van der Waals surface area contributed by atoms with E-state index in [-0.39, 0.29) is 6.10 Å². The minimum absolute atomic E-state index is 0.0152. The highest BCUT2D eigenvalue weighted by atomic mass is 16.5. The lowest BCUT2D eigenvalue weighted by molar-refractivity contribution is 0.0888. The Bertz CT molecular complexity index is 342. The first-order valence-corrected chi connectivity index (χ1v) is 6.44. The average Bonchev–Trinajstić information content (AvgIpc) is 2.29. The second kappa shape index (κ2) is 8.06. The minimum atomic E-state index is 0.0152. The Morgan fingerprint density at radius 3 is 2.72 bits per heavy atom. The van der Waals surface area contributed by atoms with Crippen LogP contribution in [0.3, 0.4) is 0 Å². The molecule has 0 saturated carbocycles. The molecule has 0 aromatic carbocycles. The third-order valence-electron chi connectivity index (χ3n) is 2.36. The zero-order valence-corrected chi connectivity index (χ0v) is 11.8. The molecular weight excluding hydrogens is 228 g/mol. The number of methoxy groups -OCH3 is 1. The maximum absolute atomic E-state index is 5.66. The lowest BCUT2D eigenvalue weighted by atomic mass is 10.2. The van der Waals surface area contributed by atoms with Crippen LogP contribution < -0.4 is 10.1 Å². The standard InChI is InChI=1S/C14H24N2O2/c1-11(2)8-15-9-13-6-5-7-14(16-13)18-12(3)10-17-4/h5-7,11-12,15H,8-10H2,1-4H3. The van der Waals surface area contributed by atoms with Crippen LogP contribution in [0.2, 0.25) is 0 Å². The maximum atomic E-state index is 5.66. The van der Waals surface area contributed by atoms with Gasteiger partial charge in [-0.15, -0.1) is 0 Å². The van der Waals surface area contributed by atoms with Gasteiger partial charge in [-0.1, -0.05) is 19.9 Å². The summed E-state index contributed by atoms with van der Waals surface area (Å²) >= 11 is 0. The summed E-state index contributed by atoms with van der Waals surface area (Å²) in [5.41, 5.74) is 0.998. The van der Waals surface area contributed by atoms with Gasteiger partial charge in [0, 0.05) is 19.7 Å². The summed E-state index contributed by atoms with van der Waals surface area (Å²) in [7, 11) is 1.67. The van der Waals surface area contributed by atoms with Crippen LogP contribution in [0.15, 0.2) is 18.2 Å². The molecule has 1 unspecified atom stereocenters. The lowest BCUT2D eigenvalue weighted by Crippen LogP contribution is -2.21. The number of nitrogens with zero attached hydrogens (tertiary/aromatic N) is 1. The third-order valence-corrected chi connectivity index (χ3v) is 2.36. The molecule has 4 heteroatoms. The van der Waals surface area contributed by atoms with Crippen molar-refractivity contribution in [3.8, 4) is 5.88 Å². The molecule has 0 saturated heterocycles. The van der Waals surface area contributed by atoms with Gasteiger partial charge in [0.25, 0.3) is 0 Å². The van der Waals surface area contributed by atoms with Gasteiger partial charge < -0.3 is 14.8 Å². The van der Waals surface area contributed by atoms with E-state index in [4.69, 9.17) is 9.47 Å². The quantitative estimate of drug-likeness (QED) is 0.770. The summed E-state index contributed by atoms with van der Waals surface area (Å²) in [5.74, 6) is 1.30. The van der Waals surface area contributed by atoms with Gasteiger partial charge in [0.2, 0.25) is 5.88 Å². The molecule has 4 nitrogen and oxygen atoms in total. The van der Waals surface area contributed by atoms with Crippen LogP contribution in [0.5, 0.6) is 5.88 Å². The van der Waals surface area contributed by atoms with Crippen LogP contribution in [0.25, 0.3) is 0 Å². The monoisotopic (exact) mass is 252 g/mol. The lowest BCUT2D eigenvalue weighted by Gasteiger charge is -2.13. The van der Waals surface area contributed by atoms with E-state index < -0.39 is 0 Å². The van der Waals surface area contributed by atoms with E-state index in [1.807, 2.05) is 25.1 Å². The molecule has 0 amide bonds. The first-order chi connectivity index (χ1) is 8.61. The van der Waals surface area contributed by atoms with Crippen LogP contribution in [0, 0.1) is 5.92 Å². The van der Waals surface area contributed by atoms with Crippen molar-refractivity contribution in [3.05, 3.63) is 23.9 Å². The van der Waals surface area contributed by atoms with Gasteiger partial charge in [-0.05, 0) is 25.5 Å². The Hall–Kier alpha value is -1.13. The normalized spacial score (nSPS) is 12.7. The number of ether oxygens (including phenoxy) is 2. The average molecular weight is 252 g/mol. The Morgan fingerprint density at radius 1 is 1.28 bits per heavy atom. The summed E-state index contributed by atoms with van der Waals surface area (Å²) in [5, 5.41) is 3.36. The molecule has 1 atom stereocenters. The molecule has 0 spiro atoms. The summed E-state index contributed by atoms with van der Waals surface area (Å²) in [4.78, 5) is 4.45. The summed E-state index contributed by atoms with van der Waals surface area (Å²) in [6, 6.07) is 5.84. The Morgan fingerprint density at radius 2 is 2.06 bits per heavy atom. The first-order valence-electron chi connectivity index (χ1n) is 6.44. The van der Waals surface area contributed by atoms with E-state index in [0.29, 0.717) is 18.4 Å². The highest BCUT2D eigenvalue weighted by molar-refractivity contribution is 5.16. The van der Waals surface area contributed by atoms with Crippen LogP contribution in [0.4, 0.5) is 0 Å². The Kier molecular flexibility index (Phi) is 6.68. The van der Waals surface area contributed by atoms with Gasteiger partial charge in [-0.2, -0.15) is 0 Å². The molecule has 0 bridgehead atoms. The van der Waals surface area contributed by atoms with Gasteiger partial charge in [0.05, 0.1) is 12.3 Å². The van der Waals surface area contributed by atoms with Gasteiger partial charge in [-0.25, -0.2) is 4.98 Å². The maximum Gasteiger partial charge on any atom is 0.213 e. The number of nitrogens with one attached hydrogen (secondary N) is 1. The molecule has 18 heavy (non-hydrogen) atoms. The first kappa shape index (κ1) is 14.9. The van der Waals surface area contributed by atoms with Gasteiger partial charge >= 0.3 is 0 Å². The summed E-state index contributed by atoms with van der Waals surface area (Å²) in [6.45, 7) is 8.67.